The summed E-state index contributed by atoms with van der Waals surface area (Å²) >= 11 is 1.87. The number of carboxylic acids is 1. The van der Waals surface area contributed by atoms with Crippen molar-refractivity contribution in [2.45, 2.75) is 38.5 Å². The van der Waals surface area contributed by atoms with Crippen molar-refractivity contribution in [1.82, 2.24) is 0 Å². The van der Waals surface area contributed by atoms with Gasteiger partial charge in [0.05, 0.1) is 6.42 Å². The van der Waals surface area contributed by atoms with E-state index in [0.717, 1.165) is 43.6 Å². The molecule has 0 aliphatic heterocycles. The van der Waals surface area contributed by atoms with Gasteiger partial charge in [0.1, 0.15) is 0 Å². The summed E-state index contributed by atoms with van der Waals surface area (Å²) < 4.78 is 0. The van der Waals surface area contributed by atoms with Crippen LogP contribution in [0.15, 0.2) is 0 Å². The molecular formula is C11H20O3S. The smallest absolute Gasteiger partial charge is 0.303 e. The minimum atomic E-state index is -0.659. The molecule has 0 heterocycles. The lowest BCUT2D eigenvalue weighted by Crippen LogP contribution is -2.11. The van der Waals surface area contributed by atoms with Crippen LogP contribution in [0.4, 0.5) is 0 Å². The molecule has 3 nitrogen and oxygen atoms in total. The van der Waals surface area contributed by atoms with E-state index in [2.05, 4.69) is 0 Å². The molecule has 1 rings (SSSR count). The molecule has 0 atom stereocenters. The van der Waals surface area contributed by atoms with Crippen LogP contribution in [-0.4, -0.2) is 34.3 Å². The van der Waals surface area contributed by atoms with Gasteiger partial charge in [-0.1, -0.05) is 6.42 Å². The molecule has 2 N–H and O–H groups in total. The molecule has 0 spiro atoms. The lowest BCUT2D eigenvalue weighted by molar-refractivity contribution is -0.138. The molecule has 0 aromatic rings. The highest BCUT2D eigenvalue weighted by atomic mass is 32.2. The second kappa shape index (κ2) is 6.38. The Morgan fingerprint density at radius 3 is 2.53 bits per heavy atom. The fourth-order valence-corrected chi connectivity index (χ4v) is 3.03. The lowest BCUT2D eigenvalue weighted by atomic mass is 10.1. The number of carbonyl (C=O) groups is 1. The van der Waals surface area contributed by atoms with Gasteiger partial charge in [0.15, 0.2) is 0 Å². The highest BCUT2D eigenvalue weighted by Gasteiger charge is 2.43. The monoisotopic (exact) mass is 232 g/mol. The normalized spacial score (nSPS) is 17.7. The van der Waals surface area contributed by atoms with Gasteiger partial charge in [-0.15, -0.1) is 0 Å². The van der Waals surface area contributed by atoms with Crippen molar-refractivity contribution in [3.05, 3.63) is 0 Å². The van der Waals surface area contributed by atoms with Crippen LogP contribution in [0.5, 0.6) is 0 Å². The molecule has 88 valence electrons. The van der Waals surface area contributed by atoms with Gasteiger partial charge in [-0.05, 0) is 42.6 Å². The molecule has 0 bridgehead atoms. The van der Waals surface area contributed by atoms with E-state index in [4.69, 9.17) is 10.2 Å². The van der Waals surface area contributed by atoms with Crippen LogP contribution in [0.2, 0.25) is 0 Å². The van der Waals surface area contributed by atoms with Crippen LogP contribution < -0.4 is 0 Å². The number of carboxylic acid groups (broad SMARTS) is 1. The van der Waals surface area contributed by atoms with Crippen molar-refractivity contribution >= 4 is 17.7 Å². The molecule has 1 aliphatic carbocycles. The van der Waals surface area contributed by atoms with Gasteiger partial charge >= 0.3 is 5.97 Å². The maximum absolute atomic E-state index is 10.6. The van der Waals surface area contributed by atoms with Crippen molar-refractivity contribution in [1.29, 1.82) is 0 Å². The second-order valence-corrected chi connectivity index (χ2v) is 5.51. The van der Waals surface area contributed by atoms with Crippen molar-refractivity contribution in [3.63, 3.8) is 0 Å². The average Bonchev–Trinajstić information content (AvgIpc) is 2.91. The quantitative estimate of drug-likeness (QED) is 0.598. The molecule has 1 aliphatic rings. The number of aliphatic carboxylic acids is 1. The zero-order valence-electron chi connectivity index (χ0n) is 9.07. The number of hydrogen-bond acceptors (Lipinski definition) is 3. The fraction of sp³-hybridized carbons (Fsp3) is 0.909. The lowest BCUT2D eigenvalue weighted by Gasteiger charge is -2.11. The van der Waals surface area contributed by atoms with Crippen LogP contribution in [0.25, 0.3) is 0 Å². The van der Waals surface area contributed by atoms with E-state index in [1.807, 2.05) is 11.8 Å². The molecule has 15 heavy (non-hydrogen) atoms. The Hall–Kier alpha value is -0.220. The highest BCUT2D eigenvalue weighted by Crippen LogP contribution is 2.51. The van der Waals surface area contributed by atoms with Crippen molar-refractivity contribution in [3.8, 4) is 0 Å². The zero-order chi connectivity index (χ0) is 11.1. The minimum Gasteiger partial charge on any atom is -0.481 e. The maximum Gasteiger partial charge on any atom is 0.303 e. The second-order valence-electron chi connectivity index (χ2n) is 4.41. The summed E-state index contributed by atoms with van der Waals surface area (Å²) in [5, 5.41) is 17.3. The Morgan fingerprint density at radius 2 is 2.00 bits per heavy atom. The minimum absolute atomic E-state index is 0.132. The van der Waals surface area contributed by atoms with Gasteiger partial charge in [-0.3, -0.25) is 4.79 Å². The van der Waals surface area contributed by atoms with Crippen LogP contribution in [-0.2, 0) is 4.79 Å². The van der Waals surface area contributed by atoms with E-state index in [0.29, 0.717) is 6.42 Å². The Bertz CT molecular complexity index is 202. The molecular weight excluding hydrogens is 212 g/mol. The third kappa shape index (κ3) is 5.42. The largest absolute Gasteiger partial charge is 0.481 e. The van der Waals surface area contributed by atoms with E-state index in [-0.39, 0.29) is 12.0 Å². The van der Waals surface area contributed by atoms with E-state index in [1.54, 1.807) is 0 Å². The number of unbranched alkanes of at least 4 members (excludes halogenated alkanes) is 2. The van der Waals surface area contributed by atoms with Gasteiger partial charge in [0.25, 0.3) is 0 Å². The number of hydrogen-bond donors (Lipinski definition) is 2. The summed E-state index contributed by atoms with van der Waals surface area (Å²) in [6.45, 7) is 0.285. The predicted octanol–water partition coefficient (Wildman–Crippen LogP) is 2.14. The first-order valence-electron chi connectivity index (χ1n) is 5.59. The summed E-state index contributed by atoms with van der Waals surface area (Å²) in [4.78, 5) is 10.6. The number of aliphatic hydroxyl groups is 1. The Balaban J connectivity index is 1.97. The highest BCUT2D eigenvalue weighted by molar-refractivity contribution is 7.99. The van der Waals surface area contributed by atoms with Gasteiger partial charge in [0.2, 0.25) is 0 Å². The summed E-state index contributed by atoms with van der Waals surface area (Å²) in [6.07, 6.45) is 5.62. The summed E-state index contributed by atoms with van der Waals surface area (Å²) in [5.41, 5.74) is 0.132. The van der Waals surface area contributed by atoms with Crippen molar-refractivity contribution < 1.29 is 15.0 Å². The van der Waals surface area contributed by atoms with Crippen molar-refractivity contribution in [2.75, 3.05) is 18.1 Å². The SMILES string of the molecule is O=C(O)CC1(CSCCCCCO)CC1. The predicted molar refractivity (Wildman–Crippen MR) is 62.2 cm³/mol. The van der Waals surface area contributed by atoms with Crippen molar-refractivity contribution in [2.24, 2.45) is 5.41 Å². The summed E-state index contributed by atoms with van der Waals surface area (Å²) in [6, 6.07) is 0. The molecule has 1 saturated carbocycles. The van der Waals surface area contributed by atoms with Gasteiger partial charge in [0, 0.05) is 6.61 Å². The summed E-state index contributed by atoms with van der Waals surface area (Å²) in [7, 11) is 0. The number of thioether (sulfide) groups is 1. The standard InChI is InChI=1S/C11H20O3S/c12-6-2-1-3-7-15-9-11(4-5-11)8-10(13)14/h12H,1-9H2,(H,13,14). The first-order valence-corrected chi connectivity index (χ1v) is 6.74. The van der Waals surface area contributed by atoms with Crippen LogP contribution in [0, 0.1) is 5.41 Å². The first-order chi connectivity index (χ1) is 7.18. The Morgan fingerprint density at radius 1 is 1.27 bits per heavy atom. The van der Waals surface area contributed by atoms with E-state index >= 15 is 0 Å². The number of rotatable bonds is 9. The van der Waals surface area contributed by atoms with Gasteiger partial charge in [-0.2, -0.15) is 11.8 Å². The molecule has 0 amide bonds. The number of aliphatic hydroxyl groups excluding tert-OH is 1. The molecule has 0 radical (unpaired) electrons. The fourth-order valence-electron chi connectivity index (χ4n) is 1.65. The Labute approximate surface area is 95.3 Å². The summed E-state index contributed by atoms with van der Waals surface area (Å²) in [5.74, 6) is 1.44. The Kier molecular flexibility index (Phi) is 5.47. The third-order valence-electron chi connectivity index (χ3n) is 2.84. The first kappa shape index (κ1) is 12.8. The maximum atomic E-state index is 10.6. The molecule has 0 aromatic heterocycles. The molecule has 0 aromatic carbocycles. The molecule has 4 heteroatoms. The zero-order valence-corrected chi connectivity index (χ0v) is 9.89. The average molecular weight is 232 g/mol. The molecule has 0 unspecified atom stereocenters. The third-order valence-corrected chi connectivity index (χ3v) is 4.23. The topological polar surface area (TPSA) is 57.5 Å². The van der Waals surface area contributed by atoms with E-state index < -0.39 is 5.97 Å². The van der Waals surface area contributed by atoms with E-state index in [9.17, 15) is 4.79 Å². The van der Waals surface area contributed by atoms with Gasteiger partial charge < -0.3 is 10.2 Å². The van der Waals surface area contributed by atoms with Crippen LogP contribution >= 0.6 is 11.8 Å². The van der Waals surface area contributed by atoms with Crippen LogP contribution in [0.1, 0.15) is 38.5 Å². The van der Waals surface area contributed by atoms with Gasteiger partial charge in [-0.25, -0.2) is 0 Å². The van der Waals surface area contributed by atoms with Crippen LogP contribution in [0.3, 0.4) is 0 Å². The molecule has 1 fully saturated rings. The molecule has 0 saturated heterocycles. The van der Waals surface area contributed by atoms with E-state index in [1.165, 1.54) is 0 Å².